The molecule has 1 aromatic carbocycles. The number of nitrogens with one attached hydrogen (secondary N) is 1. The van der Waals surface area contributed by atoms with Crippen LogP contribution in [-0.4, -0.2) is 38.9 Å². The summed E-state index contributed by atoms with van der Waals surface area (Å²) in [5.74, 6) is 0. The molecule has 1 atom stereocenters. The zero-order valence-corrected chi connectivity index (χ0v) is 12.1. The maximum Gasteiger partial charge on any atom is 0.0758 e. The van der Waals surface area contributed by atoms with Gasteiger partial charge in [-0.3, -0.25) is 10.00 Å². The molecule has 1 aliphatic rings. The van der Waals surface area contributed by atoms with E-state index in [0.717, 1.165) is 31.7 Å². The van der Waals surface area contributed by atoms with E-state index in [1.807, 2.05) is 13.1 Å². The van der Waals surface area contributed by atoms with Crippen molar-refractivity contribution in [2.45, 2.75) is 32.4 Å². The fourth-order valence-corrected chi connectivity index (χ4v) is 2.90. The third kappa shape index (κ3) is 2.76. The van der Waals surface area contributed by atoms with E-state index in [1.165, 1.54) is 16.7 Å². The second-order valence-corrected chi connectivity index (χ2v) is 6.10. The highest BCUT2D eigenvalue weighted by Crippen LogP contribution is 2.26. The van der Waals surface area contributed by atoms with Crippen LogP contribution in [0.25, 0.3) is 11.3 Å². The summed E-state index contributed by atoms with van der Waals surface area (Å²) in [6, 6.07) is 8.43. The van der Waals surface area contributed by atoms with Gasteiger partial charge in [0.1, 0.15) is 0 Å². The zero-order chi connectivity index (χ0) is 14.2. The normalized spacial score (nSPS) is 23.4. The molecule has 4 heteroatoms. The quantitative estimate of drug-likeness (QED) is 0.901. The molecule has 0 radical (unpaired) electrons. The number of aryl methyl sites for hydroxylation is 1. The average Bonchev–Trinajstić information content (AvgIpc) is 2.96. The second kappa shape index (κ2) is 5.04. The van der Waals surface area contributed by atoms with Crippen LogP contribution in [0.1, 0.15) is 24.5 Å². The molecule has 2 aromatic rings. The maximum absolute atomic E-state index is 10.1. The molecule has 20 heavy (non-hydrogen) atoms. The highest BCUT2D eigenvalue weighted by molar-refractivity contribution is 5.63. The van der Waals surface area contributed by atoms with E-state index in [2.05, 4.69) is 46.3 Å². The molecule has 4 nitrogen and oxygen atoms in total. The van der Waals surface area contributed by atoms with Gasteiger partial charge in [0.15, 0.2) is 0 Å². The highest BCUT2D eigenvalue weighted by Gasteiger charge is 2.31. The molecule has 1 aliphatic heterocycles. The van der Waals surface area contributed by atoms with Gasteiger partial charge in [-0.1, -0.05) is 23.8 Å². The summed E-state index contributed by atoms with van der Waals surface area (Å²) in [6.45, 7) is 6.49. The van der Waals surface area contributed by atoms with Gasteiger partial charge >= 0.3 is 0 Å². The summed E-state index contributed by atoms with van der Waals surface area (Å²) in [4.78, 5) is 2.28. The molecular formula is C16H21N3O. The van der Waals surface area contributed by atoms with Gasteiger partial charge in [-0.05, 0) is 26.3 Å². The minimum absolute atomic E-state index is 0.548. The first-order valence-electron chi connectivity index (χ1n) is 7.07. The Morgan fingerprint density at radius 1 is 1.45 bits per heavy atom. The van der Waals surface area contributed by atoms with Crippen LogP contribution in [0.5, 0.6) is 0 Å². The van der Waals surface area contributed by atoms with Crippen molar-refractivity contribution in [2.75, 3.05) is 13.1 Å². The lowest BCUT2D eigenvalue weighted by atomic mass is 10.1. The molecule has 0 amide bonds. The standard InChI is InChI=1S/C16H21N3O/c1-12-4-3-5-13(8-12)15-14(9-17-18-15)10-19-7-6-16(2,20)11-19/h3-5,8-9,20H,6-7,10-11H2,1-2H3,(H,17,18). The summed E-state index contributed by atoms with van der Waals surface area (Å²) in [5, 5.41) is 17.3. The molecule has 0 spiro atoms. The lowest BCUT2D eigenvalue weighted by molar-refractivity contribution is 0.0679. The number of aromatic nitrogens is 2. The van der Waals surface area contributed by atoms with Crippen LogP contribution in [0.4, 0.5) is 0 Å². The smallest absolute Gasteiger partial charge is 0.0758 e. The number of rotatable bonds is 3. The van der Waals surface area contributed by atoms with Crippen molar-refractivity contribution in [1.82, 2.24) is 15.1 Å². The number of aliphatic hydroxyl groups is 1. The summed E-state index contributed by atoms with van der Waals surface area (Å²) in [6.07, 6.45) is 2.73. The lowest BCUT2D eigenvalue weighted by Crippen LogP contribution is -2.29. The number of nitrogens with zero attached hydrogens (tertiary/aromatic N) is 2. The SMILES string of the molecule is Cc1cccc(-c2[nH]ncc2CN2CCC(C)(O)C2)c1. The fourth-order valence-electron chi connectivity index (χ4n) is 2.90. The lowest BCUT2D eigenvalue weighted by Gasteiger charge is -2.18. The minimum Gasteiger partial charge on any atom is -0.389 e. The van der Waals surface area contributed by atoms with Gasteiger partial charge in [0.05, 0.1) is 17.5 Å². The molecule has 3 rings (SSSR count). The van der Waals surface area contributed by atoms with Gasteiger partial charge in [0.2, 0.25) is 0 Å². The van der Waals surface area contributed by atoms with Crippen LogP contribution in [0.3, 0.4) is 0 Å². The first kappa shape index (κ1) is 13.3. The zero-order valence-electron chi connectivity index (χ0n) is 12.1. The predicted molar refractivity (Wildman–Crippen MR) is 79.3 cm³/mol. The number of β-amino-alcohol motifs (C(OH)–C–C–N with tert-alkyl or cyclic N) is 1. The molecule has 2 heterocycles. The molecule has 1 aromatic heterocycles. The molecule has 0 aliphatic carbocycles. The monoisotopic (exact) mass is 271 g/mol. The van der Waals surface area contributed by atoms with Crippen molar-refractivity contribution in [2.24, 2.45) is 0 Å². The third-order valence-electron chi connectivity index (χ3n) is 3.95. The fraction of sp³-hybridized carbons (Fsp3) is 0.438. The Morgan fingerprint density at radius 3 is 3.00 bits per heavy atom. The second-order valence-electron chi connectivity index (χ2n) is 6.10. The molecule has 1 fully saturated rings. The third-order valence-corrected chi connectivity index (χ3v) is 3.95. The molecular weight excluding hydrogens is 250 g/mol. The van der Waals surface area contributed by atoms with Gasteiger partial charge < -0.3 is 5.11 Å². The van der Waals surface area contributed by atoms with E-state index in [-0.39, 0.29) is 0 Å². The van der Waals surface area contributed by atoms with Crippen LogP contribution >= 0.6 is 0 Å². The van der Waals surface area contributed by atoms with Crippen LogP contribution in [-0.2, 0) is 6.54 Å². The van der Waals surface area contributed by atoms with E-state index in [4.69, 9.17) is 0 Å². The summed E-state index contributed by atoms with van der Waals surface area (Å²) in [5.41, 5.74) is 4.14. The number of H-pyrrole nitrogens is 1. The molecule has 0 saturated carbocycles. The van der Waals surface area contributed by atoms with Gasteiger partial charge in [-0.2, -0.15) is 5.10 Å². The van der Waals surface area contributed by atoms with Crippen LogP contribution in [0, 0.1) is 6.92 Å². The van der Waals surface area contributed by atoms with E-state index < -0.39 is 5.60 Å². The van der Waals surface area contributed by atoms with Crippen molar-refractivity contribution >= 4 is 0 Å². The number of hydrogen-bond donors (Lipinski definition) is 2. The number of aromatic amines is 1. The van der Waals surface area contributed by atoms with Crippen LogP contribution in [0.15, 0.2) is 30.5 Å². The summed E-state index contributed by atoms with van der Waals surface area (Å²) < 4.78 is 0. The number of benzene rings is 1. The Hall–Kier alpha value is -1.65. The van der Waals surface area contributed by atoms with Crippen LogP contribution < -0.4 is 0 Å². The molecule has 2 N–H and O–H groups in total. The molecule has 106 valence electrons. The van der Waals surface area contributed by atoms with Crippen molar-refractivity contribution in [1.29, 1.82) is 0 Å². The molecule has 1 unspecified atom stereocenters. The van der Waals surface area contributed by atoms with Crippen molar-refractivity contribution in [3.05, 3.63) is 41.6 Å². The van der Waals surface area contributed by atoms with Crippen molar-refractivity contribution in [3.63, 3.8) is 0 Å². The van der Waals surface area contributed by atoms with E-state index in [0.29, 0.717) is 0 Å². The number of likely N-dealkylation sites (tertiary alicyclic amines) is 1. The van der Waals surface area contributed by atoms with Gasteiger partial charge in [-0.15, -0.1) is 0 Å². The van der Waals surface area contributed by atoms with Gasteiger partial charge in [0.25, 0.3) is 0 Å². The highest BCUT2D eigenvalue weighted by atomic mass is 16.3. The van der Waals surface area contributed by atoms with Crippen LogP contribution in [0.2, 0.25) is 0 Å². The Balaban J connectivity index is 1.81. The van der Waals surface area contributed by atoms with E-state index in [9.17, 15) is 5.11 Å². The Kier molecular flexibility index (Phi) is 3.36. The largest absolute Gasteiger partial charge is 0.389 e. The molecule has 0 bridgehead atoms. The Morgan fingerprint density at radius 2 is 2.30 bits per heavy atom. The first-order chi connectivity index (χ1) is 9.53. The Labute approximate surface area is 119 Å². The predicted octanol–water partition coefficient (Wildman–Crippen LogP) is 2.34. The Bertz CT molecular complexity index is 603. The number of hydrogen-bond acceptors (Lipinski definition) is 3. The van der Waals surface area contributed by atoms with Crippen molar-refractivity contribution in [3.8, 4) is 11.3 Å². The molecule has 1 saturated heterocycles. The maximum atomic E-state index is 10.1. The minimum atomic E-state index is -0.548. The average molecular weight is 271 g/mol. The first-order valence-corrected chi connectivity index (χ1v) is 7.07. The topological polar surface area (TPSA) is 52.2 Å². The summed E-state index contributed by atoms with van der Waals surface area (Å²) >= 11 is 0. The van der Waals surface area contributed by atoms with Gasteiger partial charge in [-0.25, -0.2) is 0 Å². The van der Waals surface area contributed by atoms with Gasteiger partial charge in [0, 0.05) is 30.8 Å². The van der Waals surface area contributed by atoms with E-state index in [1.54, 1.807) is 0 Å². The summed E-state index contributed by atoms with van der Waals surface area (Å²) in [7, 11) is 0. The van der Waals surface area contributed by atoms with E-state index >= 15 is 0 Å². The van der Waals surface area contributed by atoms with Crippen molar-refractivity contribution < 1.29 is 5.11 Å².